The lowest BCUT2D eigenvalue weighted by Crippen LogP contribution is -2.09. The summed E-state index contributed by atoms with van der Waals surface area (Å²) in [7, 11) is 0. The fourth-order valence-corrected chi connectivity index (χ4v) is 2.56. The molecule has 6 heteroatoms. The van der Waals surface area contributed by atoms with Gasteiger partial charge in [-0.3, -0.25) is 0 Å². The van der Waals surface area contributed by atoms with E-state index in [1.54, 1.807) is 0 Å². The molecule has 0 fully saturated rings. The van der Waals surface area contributed by atoms with Crippen LogP contribution in [0.1, 0.15) is 17.0 Å². The van der Waals surface area contributed by atoms with E-state index < -0.39 is 11.6 Å². The van der Waals surface area contributed by atoms with E-state index in [1.165, 1.54) is 6.07 Å². The molecular weight excluding hydrogens is 328 g/mol. The molecule has 0 bridgehead atoms. The summed E-state index contributed by atoms with van der Waals surface area (Å²) < 4.78 is 26.8. The highest BCUT2D eigenvalue weighted by Gasteiger charge is 2.16. The summed E-state index contributed by atoms with van der Waals surface area (Å²) in [5, 5.41) is 0. The average Bonchev–Trinajstić information content (AvgIpc) is 2.40. The Kier molecular flexibility index (Phi) is 4.45. The Labute approximate surface area is 124 Å². The van der Waals surface area contributed by atoms with Crippen LogP contribution in [0.25, 0.3) is 11.4 Å². The van der Waals surface area contributed by atoms with Gasteiger partial charge in [0.15, 0.2) is 17.5 Å². The van der Waals surface area contributed by atoms with Crippen molar-refractivity contribution in [2.45, 2.75) is 20.3 Å². The number of aryl methyl sites for hydroxylation is 2. The first-order valence-electron chi connectivity index (χ1n) is 6.13. The molecule has 0 saturated heterocycles. The highest BCUT2D eigenvalue weighted by Crippen LogP contribution is 2.30. The fraction of sp³-hybridized carbons (Fsp3) is 0.286. The van der Waals surface area contributed by atoms with Crippen LogP contribution in [0.2, 0.25) is 0 Å². The molecule has 0 saturated carbocycles. The van der Waals surface area contributed by atoms with Gasteiger partial charge in [0.1, 0.15) is 0 Å². The molecule has 0 aliphatic carbocycles. The lowest BCUT2D eigenvalue weighted by molar-refractivity contribution is 0.504. The number of nitrogens with zero attached hydrogens (tertiary/aromatic N) is 2. The quantitative estimate of drug-likeness (QED) is 0.871. The second-order valence-corrected chi connectivity index (χ2v) is 5.25. The first-order chi connectivity index (χ1) is 9.45. The van der Waals surface area contributed by atoms with Crippen LogP contribution in [0.4, 0.5) is 8.78 Å². The third-order valence-electron chi connectivity index (χ3n) is 3.09. The highest BCUT2D eigenvalue weighted by atomic mass is 79.9. The Morgan fingerprint density at radius 3 is 2.30 bits per heavy atom. The summed E-state index contributed by atoms with van der Waals surface area (Å²) in [6, 6.07) is 2.52. The second kappa shape index (κ2) is 5.93. The molecule has 1 heterocycles. The Balaban J connectivity index is 2.57. The fourth-order valence-electron chi connectivity index (χ4n) is 2.06. The zero-order chi connectivity index (χ0) is 14.9. The maximum Gasteiger partial charge on any atom is 0.173 e. The largest absolute Gasteiger partial charge is 0.330 e. The van der Waals surface area contributed by atoms with E-state index in [4.69, 9.17) is 5.73 Å². The SMILES string of the molecule is Cc1nc(-c2ccc(F)c(F)c2Br)nc(C)c1CCN. The predicted molar refractivity (Wildman–Crippen MR) is 77.3 cm³/mol. The molecule has 0 atom stereocenters. The van der Waals surface area contributed by atoms with Crippen LogP contribution in [-0.4, -0.2) is 16.5 Å². The third-order valence-corrected chi connectivity index (χ3v) is 3.87. The standard InChI is InChI=1S/C14H14BrF2N3/c1-7-9(5-6-18)8(2)20-14(19-7)10-3-4-11(16)13(17)12(10)15/h3-4H,5-6,18H2,1-2H3. The van der Waals surface area contributed by atoms with Gasteiger partial charge in [0.25, 0.3) is 0 Å². The predicted octanol–water partition coefficient (Wildman–Crippen LogP) is 3.30. The van der Waals surface area contributed by atoms with Crippen LogP contribution in [0.5, 0.6) is 0 Å². The van der Waals surface area contributed by atoms with Gasteiger partial charge in [0.05, 0.1) is 4.47 Å². The van der Waals surface area contributed by atoms with E-state index in [1.807, 2.05) is 13.8 Å². The number of halogens is 3. The average molecular weight is 342 g/mol. The molecule has 2 aromatic rings. The first kappa shape index (κ1) is 15.0. The zero-order valence-electron chi connectivity index (χ0n) is 11.2. The highest BCUT2D eigenvalue weighted by molar-refractivity contribution is 9.10. The number of hydrogen-bond donors (Lipinski definition) is 1. The lowest BCUT2D eigenvalue weighted by atomic mass is 10.1. The summed E-state index contributed by atoms with van der Waals surface area (Å²) in [6.45, 7) is 4.23. The molecule has 1 aromatic heterocycles. The molecule has 0 unspecified atom stereocenters. The molecule has 2 rings (SSSR count). The van der Waals surface area contributed by atoms with Crippen molar-refractivity contribution in [3.63, 3.8) is 0 Å². The molecule has 106 valence electrons. The Hall–Kier alpha value is -1.40. The van der Waals surface area contributed by atoms with Gasteiger partial charge in [-0.05, 0) is 60.4 Å². The molecule has 0 radical (unpaired) electrons. The summed E-state index contributed by atoms with van der Waals surface area (Å²) in [5.74, 6) is -1.48. The number of aromatic nitrogens is 2. The van der Waals surface area contributed by atoms with Gasteiger partial charge in [0.2, 0.25) is 0 Å². The molecule has 3 nitrogen and oxygen atoms in total. The number of rotatable bonds is 3. The van der Waals surface area contributed by atoms with Crippen molar-refractivity contribution in [2.75, 3.05) is 6.54 Å². The minimum atomic E-state index is -0.938. The van der Waals surface area contributed by atoms with Crippen LogP contribution in [0.3, 0.4) is 0 Å². The van der Waals surface area contributed by atoms with Crippen LogP contribution < -0.4 is 5.73 Å². The van der Waals surface area contributed by atoms with E-state index in [0.29, 0.717) is 24.4 Å². The monoisotopic (exact) mass is 341 g/mol. The maximum absolute atomic E-state index is 13.6. The van der Waals surface area contributed by atoms with Gasteiger partial charge in [-0.2, -0.15) is 0 Å². The molecular formula is C14H14BrF2N3. The van der Waals surface area contributed by atoms with Gasteiger partial charge in [0, 0.05) is 17.0 Å². The van der Waals surface area contributed by atoms with Crippen LogP contribution in [-0.2, 0) is 6.42 Å². The van der Waals surface area contributed by atoms with E-state index in [-0.39, 0.29) is 4.47 Å². The smallest absolute Gasteiger partial charge is 0.173 e. The van der Waals surface area contributed by atoms with Gasteiger partial charge in [-0.15, -0.1) is 0 Å². The third kappa shape index (κ3) is 2.71. The molecule has 2 N–H and O–H groups in total. The first-order valence-corrected chi connectivity index (χ1v) is 6.93. The molecule has 0 spiro atoms. The summed E-state index contributed by atoms with van der Waals surface area (Å²) >= 11 is 3.05. The van der Waals surface area contributed by atoms with E-state index in [0.717, 1.165) is 23.0 Å². The normalized spacial score (nSPS) is 10.9. The van der Waals surface area contributed by atoms with Gasteiger partial charge in [-0.1, -0.05) is 0 Å². The topological polar surface area (TPSA) is 51.8 Å². The van der Waals surface area contributed by atoms with Gasteiger partial charge >= 0.3 is 0 Å². The van der Waals surface area contributed by atoms with Crippen LogP contribution in [0, 0.1) is 25.5 Å². The lowest BCUT2D eigenvalue weighted by Gasteiger charge is -2.11. The molecule has 0 aliphatic rings. The van der Waals surface area contributed by atoms with E-state index >= 15 is 0 Å². The van der Waals surface area contributed by atoms with Crippen LogP contribution in [0.15, 0.2) is 16.6 Å². The van der Waals surface area contributed by atoms with Gasteiger partial charge < -0.3 is 5.73 Å². The molecule has 0 aliphatic heterocycles. The van der Waals surface area contributed by atoms with Crippen molar-refractivity contribution in [3.8, 4) is 11.4 Å². The second-order valence-electron chi connectivity index (χ2n) is 4.46. The van der Waals surface area contributed by atoms with Crippen molar-refractivity contribution in [2.24, 2.45) is 5.73 Å². The van der Waals surface area contributed by atoms with Crippen molar-refractivity contribution < 1.29 is 8.78 Å². The van der Waals surface area contributed by atoms with Gasteiger partial charge in [-0.25, -0.2) is 18.7 Å². The Morgan fingerprint density at radius 1 is 1.15 bits per heavy atom. The van der Waals surface area contributed by atoms with Crippen molar-refractivity contribution in [3.05, 3.63) is 45.2 Å². The summed E-state index contributed by atoms with van der Waals surface area (Å²) in [4.78, 5) is 8.74. The molecule has 0 amide bonds. The van der Waals surface area contributed by atoms with E-state index in [2.05, 4.69) is 25.9 Å². The molecule has 20 heavy (non-hydrogen) atoms. The summed E-state index contributed by atoms with van der Waals surface area (Å²) in [5.41, 5.74) is 8.58. The Bertz CT molecular complexity index is 636. The van der Waals surface area contributed by atoms with Crippen molar-refractivity contribution in [1.29, 1.82) is 0 Å². The summed E-state index contributed by atoms with van der Waals surface area (Å²) in [6.07, 6.45) is 0.691. The minimum Gasteiger partial charge on any atom is -0.330 e. The number of benzene rings is 1. The Morgan fingerprint density at radius 2 is 1.75 bits per heavy atom. The van der Waals surface area contributed by atoms with Crippen molar-refractivity contribution >= 4 is 15.9 Å². The van der Waals surface area contributed by atoms with Crippen molar-refractivity contribution in [1.82, 2.24) is 9.97 Å². The maximum atomic E-state index is 13.6. The minimum absolute atomic E-state index is 0.0304. The number of hydrogen-bond acceptors (Lipinski definition) is 3. The molecule has 1 aromatic carbocycles. The zero-order valence-corrected chi connectivity index (χ0v) is 12.8. The van der Waals surface area contributed by atoms with Crippen LogP contribution >= 0.6 is 15.9 Å². The number of nitrogens with two attached hydrogens (primary N) is 1. The van der Waals surface area contributed by atoms with E-state index in [9.17, 15) is 8.78 Å².